The van der Waals surface area contributed by atoms with E-state index in [-0.39, 0.29) is 24.0 Å². The molecule has 4 rings (SSSR count). The summed E-state index contributed by atoms with van der Waals surface area (Å²) in [5, 5.41) is 0.716. The maximum absolute atomic E-state index is 13.5. The Morgan fingerprint density at radius 3 is 2.07 bits per heavy atom. The van der Waals surface area contributed by atoms with E-state index in [4.69, 9.17) is 27.9 Å². The molecule has 0 N–H and O–H groups in total. The molecule has 7 heteroatoms. The van der Waals surface area contributed by atoms with Gasteiger partial charge in [0, 0.05) is 23.1 Å². The number of rotatable bonds is 3. The van der Waals surface area contributed by atoms with Crippen LogP contribution >= 0.6 is 23.2 Å². The molecule has 2 heterocycles. The normalized spacial score (nSPS) is 22.6. The average molecular weight is 431 g/mol. The molecular weight excluding hydrogens is 411 g/mol. The largest absolute Gasteiger partial charge is 0.372 e. The van der Waals surface area contributed by atoms with Crippen molar-refractivity contribution in [1.82, 2.24) is 4.90 Å². The average Bonchev–Trinajstić information content (AvgIpc) is 2.91. The Hall–Kier alpha value is -2.34. The fraction of sp³-hybridized carbons (Fsp3) is 0.273. The van der Waals surface area contributed by atoms with Gasteiger partial charge in [0.15, 0.2) is 0 Å². The Kier molecular flexibility index (Phi) is 5.38. The van der Waals surface area contributed by atoms with Crippen molar-refractivity contribution in [3.63, 3.8) is 0 Å². The Balaban J connectivity index is 1.84. The van der Waals surface area contributed by atoms with Gasteiger partial charge in [-0.1, -0.05) is 53.5 Å². The molecular formula is C22H20Cl2N2O3. The van der Waals surface area contributed by atoms with E-state index in [2.05, 4.69) is 0 Å². The molecule has 0 aliphatic carbocycles. The first-order chi connectivity index (χ1) is 13.8. The fourth-order valence-electron chi connectivity index (χ4n) is 3.94. The van der Waals surface area contributed by atoms with Crippen LogP contribution in [0.15, 0.2) is 54.2 Å². The number of amides is 2. The highest BCUT2D eigenvalue weighted by atomic mass is 35.5. The molecule has 1 fully saturated rings. The van der Waals surface area contributed by atoms with E-state index in [1.807, 2.05) is 49.1 Å². The lowest BCUT2D eigenvalue weighted by molar-refractivity contribution is -0.121. The lowest BCUT2D eigenvalue weighted by Gasteiger charge is -2.37. The quantitative estimate of drug-likeness (QED) is 0.677. The Morgan fingerprint density at radius 1 is 0.897 bits per heavy atom. The van der Waals surface area contributed by atoms with Gasteiger partial charge in [0.1, 0.15) is 5.70 Å². The predicted octanol–water partition coefficient (Wildman–Crippen LogP) is 4.39. The van der Waals surface area contributed by atoms with Crippen LogP contribution in [0.3, 0.4) is 0 Å². The number of benzene rings is 2. The molecule has 2 aliphatic rings. The smallest absolute Gasteiger partial charge is 0.282 e. The van der Waals surface area contributed by atoms with Gasteiger partial charge in [-0.2, -0.15) is 0 Å². The summed E-state index contributed by atoms with van der Waals surface area (Å²) in [5.74, 6) is -0.769. The third-order valence-corrected chi connectivity index (χ3v) is 5.40. The summed E-state index contributed by atoms with van der Waals surface area (Å²) in [6.45, 7) is 4.97. The van der Waals surface area contributed by atoms with Gasteiger partial charge in [-0.15, -0.1) is 0 Å². The van der Waals surface area contributed by atoms with Crippen LogP contribution in [0.1, 0.15) is 19.4 Å². The van der Waals surface area contributed by atoms with E-state index >= 15 is 0 Å². The molecule has 0 saturated carbocycles. The minimum absolute atomic E-state index is 0.0548. The second-order valence-electron chi connectivity index (χ2n) is 7.33. The summed E-state index contributed by atoms with van der Waals surface area (Å²) in [7, 11) is 0. The van der Waals surface area contributed by atoms with Gasteiger partial charge in [-0.05, 0) is 37.6 Å². The first-order valence-electron chi connectivity index (χ1n) is 9.40. The monoisotopic (exact) mass is 430 g/mol. The second kappa shape index (κ2) is 7.82. The molecule has 2 unspecified atom stereocenters. The molecule has 1 saturated heterocycles. The van der Waals surface area contributed by atoms with Gasteiger partial charge < -0.3 is 9.64 Å². The molecule has 0 radical (unpaired) electrons. The molecule has 2 aliphatic heterocycles. The highest BCUT2D eigenvalue weighted by Crippen LogP contribution is 2.37. The zero-order chi connectivity index (χ0) is 20.7. The molecule has 2 aromatic carbocycles. The molecule has 0 bridgehead atoms. The highest BCUT2D eigenvalue weighted by Gasteiger charge is 2.44. The number of hydrogen-bond donors (Lipinski definition) is 0. The number of halogens is 2. The standard InChI is InChI=1S/C22H20Cl2N2O3/c1-13-11-25(12-14(2)29-13)20-19(15-6-4-3-5-7-15)21(27)26(22(20)28)18-9-16(23)8-17(24)10-18/h3-10,13-14H,11-12H2,1-2H3. The minimum Gasteiger partial charge on any atom is -0.372 e. The maximum Gasteiger partial charge on any atom is 0.282 e. The maximum atomic E-state index is 13.5. The lowest BCUT2D eigenvalue weighted by Crippen LogP contribution is -2.47. The fourth-order valence-corrected chi connectivity index (χ4v) is 4.45. The summed E-state index contributed by atoms with van der Waals surface area (Å²) in [6, 6.07) is 13.9. The predicted molar refractivity (Wildman–Crippen MR) is 114 cm³/mol. The Bertz CT molecular complexity index is 976. The topological polar surface area (TPSA) is 49.9 Å². The van der Waals surface area contributed by atoms with Crippen LogP contribution in [0, 0.1) is 0 Å². The Morgan fingerprint density at radius 2 is 1.48 bits per heavy atom. The van der Waals surface area contributed by atoms with Gasteiger partial charge in [-0.3, -0.25) is 9.59 Å². The number of carbonyl (C=O) groups excluding carboxylic acids is 2. The van der Waals surface area contributed by atoms with Crippen LogP contribution in [0.25, 0.3) is 5.57 Å². The number of nitrogens with zero attached hydrogens (tertiary/aromatic N) is 2. The van der Waals surface area contributed by atoms with E-state index in [9.17, 15) is 9.59 Å². The van der Waals surface area contributed by atoms with E-state index in [1.54, 1.807) is 18.2 Å². The number of ether oxygens (including phenoxy) is 1. The first-order valence-corrected chi connectivity index (χ1v) is 10.2. The van der Waals surface area contributed by atoms with E-state index < -0.39 is 0 Å². The number of carbonyl (C=O) groups is 2. The van der Waals surface area contributed by atoms with Crippen molar-refractivity contribution in [2.75, 3.05) is 18.0 Å². The molecule has 2 amide bonds. The van der Waals surface area contributed by atoms with Crippen LogP contribution < -0.4 is 4.90 Å². The molecule has 150 valence electrons. The second-order valence-corrected chi connectivity index (χ2v) is 8.20. The third kappa shape index (κ3) is 3.78. The third-order valence-electron chi connectivity index (χ3n) is 4.96. The van der Waals surface area contributed by atoms with Crippen LogP contribution in [-0.4, -0.2) is 42.0 Å². The summed E-state index contributed by atoms with van der Waals surface area (Å²) < 4.78 is 5.81. The van der Waals surface area contributed by atoms with Crippen LogP contribution in [0.4, 0.5) is 5.69 Å². The van der Waals surface area contributed by atoms with Crippen LogP contribution in [0.5, 0.6) is 0 Å². The van der Waals surface area contributed by atoms with Crippen LogP contribution in [0.2, 0.25) is 10.0 Å². The van der Waals surface area contributed by atoms with Crippen molar-refractivity contribution >= 4 is 46.3 Å². The van der Waals surface area contributed by atoms with Crippen LogP contribution in [-0.2, 0) is 14.3 Å². The van der Waals surface area contributed by atoms with Crippen molar-refractivity contribution in [3.05, 3.63) is 69.8 Å². The minimum atomic E-state index is -0.388. The van der Waals surface area contributed by atoms with Gasteiger partial charge in [0.05, 0.1) is 23.5 Å². The van der Waals surface area contributed by atoms with Gasteiger partial charge in [-0.25, -0.2) is 4.90 Å². The molecule has 0 aromatic heterocycles. The van der Waals surface area contributed by atoms with Gasteiger partial charge in [0.2, 0.25) is 0 Å². The highest BCUT2D eigenvalue weighted by molar-refractivity contribution is 6.46. The van der Waals surface area contributed by atoms with Crippen molar-refractivity contribution in [2.24, 2.45) is 0 Å². The van der Waals surface area contributed by atoms with E-state index in [1.165, 1.54) is 0 Å². The number of imide groups is 1. The molecule has 29 heavy (non-hydrogen) atoms. The molecule has 5 nitrogen and oxygen atoms in total. The zero-order valence-electron chi connectivity index (χ0n) is 16.1. The van der Waals surface area contributed by atoms with E-state index in [0.717, 1.165) is 4.90 Å². The zero-order valence-corrected chi connectivity index (χ0v) is 17.6. The van der Waals surface area contributed by atoms with Gasteiger partial charge in [0.25, 0.3) is 11.8 Å². The summed E-state index contributed by atoms with van der Waals surface area (Å²) in [5.41, 5.74) is 1.82. The summed E-state index contributed by atoms with van der Waals surface area (Å²) >= 11 is 12.3. The van der Waals surface area contributed by atoms with Crippen molar-refractivity contribution in [1.29, 1.82) is 0 Å². The number of morpholine rings is 1. The van der Waals surface area contributed by atoms with Crippen molar-refractivity contribution in [2.45, 2.75) is 26.1 Å². The lowest BCUT2D eigenvalue weighted by atomic mass is 10.0. The molecule has 2 atom stereocenters. The summed E-state index contributed by atoms with van der Waals surface area (Å²) in [6.07, 6.45) is -0.110. The van der Waals surface area contributed by atoms with Crippen molar-refractivity contribution in [3.8, 4) is 0 Å². The number of anilines is 1. The van der Waals surface area contributed by atoms with Crippen molar-refractivity contribution < 1.29 is 14.3 Å². The Labute approximate surface area is 179 Å². The van der Waals surface area contributed by atoms with E-state index in [0.29, 0.717) is 45.7 Å². The number of hydrogen-bond acceptors (Lipinski definition) is 4. The van der Waals surface area contributed by atoms with Gasteiger partial charge >= 0.3 is 0 Å². The summed E-state index contributed by atoms with van der Waals surface area (Å²) in [4.78, 5) is 30.1. The molecule has 0 spiro atoms. The first kappa shape index (κ1) is 20.0. The molecule has 2 aromatic rings. The SMILES string of the molecule is CC1CN(C2=C(c3ccccc3)C(=O)N(c3cc(Cl)cc(Cl)c3)C2=O)CC(C)O1.